The molecule has 0 aliphatic carbocycles. The fourth-order valence-corrected chi connectivity index (χ4v) is 3.46. The molecule has 9 heteroatoms. The van der Waals surface area contributed by atoms with Crippen LogP contribution in [0.2, 0.25) is 0 Å². The van der Waals surface area contributed by atoms with Crippen molar-refractivity contribution in [3.05, 3.63) is 60.4 Å². The summed E-state index contributed by atoms with van der Waals surface area (Å²) < 4.78 is 14.9. The van der Waals surface area contributed by atoms with E-state index in [0.29, 0.717) is 17.4 Å². The zero-order valence-corrected chi connectivity index (χ0v) is 15.9. The monoisotopic (exact) mass is 396 g/mol. The zero-order valence-electron chi connectivity index (χ0n) is 15.1. The lowest BCUT2D eigenvalue weighted by molar-refractivity contribution is -0.117. The number of para-hydroxylation sites is 1. The van der Waals surface area contributed by atoms with Crippen molar-refractivity contribution in [3.8, 4) is 11.8 Å². The number of rotatable bonds is 7. The molecule has 2 aromatic carbocycles. The molecule has 0 aliphatic heterocycles. The number of hydrogen-bond acceptors (Lipinski definition) is 6. The summed E-state index contributed by atoms with van der Waals surface area (Å²) in [6.07, 6.45) is 0.221. The third-order valence-electron chi connectivity index (χ3n) is 3.90. The Kier molecular flexibility index (Phi) is 6.34. The highest BCUT2D eigenvalue weighted by Crippen LogP contribution is 2.26. The molecule has 0 fully saturated rings. The maximum atomic E-state index is 13.5. The Balaban J connectivity index is 1.80. The summed E-state index contributed by atoms with van der Waals surface area (Å²) in [5, 5.41) is 20.3. The predicted molar refractivity (Wildman–Crippen MR) is 103 cm³/mol. The number of thioether (sulfide) groups is 1. The van der Waals surface area contributed by atoms with Crippen molar-refractivity contribution in [2.45, 2.75) is 23.8 Å². The summed E-state index contributed by atoms with van der Waals surface area (Å²) in [6, 6.07) is 17.1. The minimum Gasteiger partial charge on any atom is -0.310 e. The summed E-state index contributed by atoms with van der Waals surface area (Å²) in [7, 11) is 0. The number of nitrogens with zero attached hydrogens (tertiary/aromatic N) is 6. The van der Waals surface area contributed by atoms with Crippen molar-refractivity contribution in [3.63, 3.8) is 0 Å². The van der Waals surface area contributed by atoms with E-state index < -0.39 is 11.1 Å². The summed E-state index contributed by atoms with van der Waals surface area (Å²) >= 11 is 1.17. The molecule has 1 heterocycles. The maximum Gasteiger partial charge on any atom is 0.240 e. The van der Waals surface area contributed by atoms with Gasteiger partial charge in [-0.05, 0) is 47.7 Å². The first-order valence-corrected chi connectivity index (χ1v) is 9.42. The van der Waals surface area contributed by atoms with Crippen molar-refractivity contribution in [1.29, 1.82) is 5.26 Å². The van der Waals surface area contributed by atoms with Gasteiger partial charge in [0.2, 0.25) is 11.1 Å². The number of carbonyl (C=O) groups is 1. The van der Waals surface area contributed by atoms with Crippen LogP contribution in [0.25, 0.3) is 5.69 Å². The smallest absolute Gasteiger partial charge is 0.240 e. The van der Waals surface area contributed by atoms with Crippen LogP contribution in [-0.2, 0) is 4.79 Å². The SMILES string of the molecule is C[C@@H](Sc1nnnn1-c1cccc(F)c1)C(=O)N(CCC#N)c1ccccc1. The average Bonchev–Trinajstić information content (AvgIpc) is 3.17. The number of benzene rings is 2. The number of aromatic nitrogens is 4. The van der Waals surface area contributed by atoms with Crippen molar-refractivity contribution >= 4 is 23.4 Å². The van der Waals surface area contributed by atoms with Gasteiger partial charge in [0.25, 0.3) is 0 Å². The highest BCUT2D eigenvalue weighted by Gasteiger charge is 2.25. The average molecular weight is 396 g/mol. The standard InChI is InChI=1S/C19H17FN6OS/c1-14(18(27)25(12-6-11-21)16-8-3-2-4-9-16)28-19-22-23-24-26(19)17-10-5-7-15(20)13-17/h2-5,7-10,13-14H,6,12H2,1H3/t14-/m1/s1. The van der Waals surface area contributed by atoms with E-state index in [0.717, 1.165) is 5.69 Å². The third-order valence-corrected chi connectivity index (χ3v) is 4.93. The van der Waals surface area contributed by atoms with E-state index in [9.17, 15) is 9.18 Å². The number of halogens is 1. The number of hydrogen-bond donors (Lipinski definition) is 0. The highest BCUT2D eigenvalue weighted by atomic mass is 32.2. The van der Waals surface area contributed by atoms with Crippen LogP contribution in [0.1, 0.15) is 13.3 Å². The predicted octanol–water partition coefficient (Wildman–Crippen LogP) is 3.23. The summed E-state index contributed by atoms with van der Waals surface area (Å²) in [6.45, 7) is 2.04. The van der Waals surface area contributed by atoms with E-state index in [2.05, 4.69) is 21.6 Å². The first-order valence-electron chi connectivity index (χ1n) is 8.54. The molecular formula is C19H17FN6OS. The van der Waals surface area contributed by atoms with E-state index >= 15 is 0 Å². The summed E-state index contributed by atoms with van der Waals surface area (Å²) in [5.41, 5.74) is 1.19. The lowest BCUT2D eigenvalue weighted by Crippen LogP contribution is -2.37. The maximum absolute atomic E-state index is 13.5. The van der Waals surface area contributed by atoms with Crippen LogP contribution in [0, 0.1) is 17.1 Å². The fraction of sp³-hybridized carbons (Fsp3) is 0.211. The number of anilines is 1. The Hall–Kier alpha value is -3.25. The minimum atomic E-state index is -0.516. The highest BCUT2D eigenvalue weighted by molar-refractivity contribution is 8.00. The van der Waals surface area contributed by atoms with Crippen LogP contribution in [0.15, 0.2) is 59.8 Å². The van der Waals surface area contributed by atoms with Crippen LogP contribution in [0.3, 0.4) is 0 Å². The van der Waals surface area contributed by atoms with Crippen LogP contribution < -0.4 is 4.90 Å². The molecule has 0 saturated carbocycles. The molecule has 3 rings (SSSR count). The number of nitriles is 1. The molecule has 1 atom stereocenters. The molecule has 0 bridgehead atoms. The van der Waals surface area contributed by atoms with Gasteiger partial charge in [-0.2, -0.15) is 9.94 Å². The Labute approximate surface area is 165 Å². The second-order valence-corrected chi connectivity index (χ2v) is 7.15. The van der Waals surface area contributed by atoms with Gasteiger partial charge in [0.1, 0.15) is 5.82 Å². The van der Waals surface area contributed by atoms with E-state index in [4.69, 9.17) is 5.26 Å². The Bertz CT molecular complexity index is 987. The number of amides is 1. The molecule has 28 heavy (non-hydrogen) atoms. The molecule has 0 saturated heterocycles. The lowest BCUT2D eigenvalue weighted by atomic mass is 10.2. The largest absolute Gasteiger partial charge is 0.310 e. The molecule has 1 aromatic heterocycles. The number of tetrazole rings is 1. The van der Waals surface area contributed by atoms with Gasteiger partial charge in [0, 0.05) is 12.2 Å². The molecule has 0 spiro atoms. The molecule has 0 aliphatic rings. The minimum absolute atomic E-state index is 0.166. The normalized spacial score (nSPS) is 11.6. The number of carbonyl (C=O) groups excluding carboxylic acids is 1. The van der Waals surface area contributed by atoms with Gasteiger partial charge in [-0.1, -0.05) is 36.0 Å². The summed E-state index contributed by atoms with van der Waals surface area (Å²) in [4.78, 5) is 14.6. The molecule has 1 amide bonds. The van der Waals surface area contributed by atoms with Gasteiger partial charge in [0.15, 0.2) is 0 Å². The Morgan fingerprint density at radius 3 is 2.79 bits per heavy atom. The van der Waals surface area contributed by atoms with Crippen LogP contribution in [0.5, 0.6) is 0 Å². The van der Waals surface area contributed by atoms with E-state index in [1.807, 2.05) is 30.3 Å². The van der Waals surface area contributed by atoms with Crippen molar-refractivity contribution in [2.24, 2.45) is 0 Å². The van der Waals surface area contributed by atoms with Gasteiger partial charge in [-0.15, -0.1) is 5.10 Å². The van der Waals surface area contributed by atoms with Gasteiger partial charge < -0.3 is 4.90 Å². The van der Waals surface area contributed by atoms with Gasteiger partial charge >= 0.3 is 0 Å². The quantitative estimate of drug-likeness (QED) is 0.570. The Morgan fingerprint density at radius 2 is 2.07 bits per heavy atom. The molecule has 0 unspecified atom stereocenters. The van der Waals surface area contributed by atoms with Crippen LogP contribution >= 0.6 is 11.8 Å². The topological polar surface area (TPSA) is 87.7 Å². The zero-order chi connectivity index (χ0) is 19.9. The Morgan fingerprint density at radius 1 is 1.29 bits per heavy atom. The van der Waals surface area contributed by atoms with Crippen molar-refractivity contribution in [1.82, 2.24) is 20.2 Å². The molecule has 142 valence electrons. The molecule has 3 aromatic rings. The molecule has 7 nitrogen and oxygen atoms in total. The lowest BCUT2D eigenvalue weighted by Gasteiger charge is -2.24. The second kappa shape index (κ2) is 9.10. The van der Waals surface area contributed by atoms with Crippen LogP contribution in [0.4, 0.5) is 10.1 Å². The van der Waals surface area contributed by atoms with Gasteiger partial charge in [-0.3, -0.25) is 4.79 Å². The molecule has 0 N–H and O–H groups in total. The van der Waals surface area contributed by atoms with Crippen molar-refractivity contribution < 1.29 is 9.18 Å². The van der Waals surface area contributed by atoms with Gasteiger partial charge in [-0.25, -0.2) is 4.39 Å². The first-order chi connectivity index (χ1) is 13.6. The summed E-state index contributed by atoms with van der Waals surface area (Å²) in [5.74, 6) is -0.569. The van der Waals surface area contributed by atoms with Gasteiger partial charge in [0.05, 0.1) is 23.4 Å². The fourth-order valence-electron chi connectivity index (χ4n) is 2.59. The van der Waals surface area contributed by atoms with Crippen molar-refractivity contribution in [2.75, 3.05) is 11.4 Å². The third kappa shape index (κ3) is 4.53. The molecular weight excluding hydrogens is 379 g/mol. The second-order valence-electron chi connectivity index (χ2n) is 5.85. The van der Waals surface area contributed by atoms with Crippen LogP contribution in [-0.4, -0.2) is 37.9 Å². The molecule has 0 radical (unpaired) electrons. The van der Waals surface area contributed by atoms with E-state index in [1.165, 1.54) is 28.6 Å². The van der Waals surface area contributed by atoms with E-state index in [1.54, 1.807) is 24.0 Å². The van der Waals surface area contributed by atoms with E-state index in [-0.39, 0.29) is 12.3 Å². The first kappa shape index (κ1) is 19.5.